The van der Waals surface area contributed by atoms with Gasteiger partial charge in [0.2, 0.25) is 0 Å². The number of ether oxygens (including phenoxy) is 1. The molecule has 0 amide bonds. The summed E-state index contributed by atoms with van der Waals surface area (Å²) in [4.78, 5) is 11.2. The monoisotopic (exact) mass is 190 g/mol. The smallest absolute Gasteiger partial charge is 0.287 e. The first-order chi connectivity index (χ1) is 5.76. The number of rotatable bonds is 6. The van der Waals surface area contributed by atoms with E-state index in [1.165, 1.54) is 0 Å². The Hall–Kier alpha value is -0.220. The lowest BCUT2D eigenvalue weighted by Gasteiger charge is -2.24. The summed E-state index contributed by atoms with van der Waals surface area (Å²) in [6.07, 6.45) is 2.79. The van der Waals surface area contributed by atoms with Crippen LogP contribution in [0.1, 0.15) is 13.3 Å². The van der Waals surface area contributed by atoms with Gasteiger partial charge in [-0.2, -0.15) is 18.8 Å². The zero-order valence-electron chi connectivity index (χ0n) is 7.87. The van der Waals surface area contributed by atoms with Gasteiger partial charge in [0.25, 0.3) is 5.97 Å². The minimum atomic E-state index is -0.266. The van der Waals surface area contributed by atoms with Gasteiger partial charge in [-0.25, -0.2) is 0 Å². The molecular formula is C8H16NO2S-. The second kappa shape index (κ2) is 7.43. The Morgan fingerprint density at radius 3 is 2.75 bits per heavy atom. The second-order valence-corrected chi connectivity index (χ2v) is 3.29. The molecule has 0 heterocycles. The summed E-state index contributed by atoms with van der Waals surface area (Å²) < 4.78 is 4.85. The van der Waals surface area contributed by atoms with Gasteiger partial charge in [-0.1, -0.05) is 6.42 Å². The molecule has 0 aliphatic carbocycles. The summed E-state index contributed by atoms with van der Waals surface area (Å²) in [7, 11) is 1.65. The standard InChI is InChI=1S/C8H16NO2S/c1-4-11-8(10)7(9-2)5-6-12-3/h7H,4-6H2,1-3H3/q-1/t7-/m0/s1. The summed E-state index contributed by atoms with van der Waals surface area (Å²) in [6.45, 7) is 2.24. The van der Waals surface area contributed by atoms with Gasteiger partial charge in [-0.15, -0.1) is 0 Å². The van der Waals surface area contributed by atoms with Crippen molar-refractivity contribution in [2.75, 3.05) is 25.7 Å². The zero-order valence-corrected chi connectivity index (χ0v) is 8.69. The van der Waals surface area contributed by atoms with E-state index in [2.05, 4.69) is 5.32 Å². The highest BCUT2D eigenvalue weighted by atomic mass is 32.2. The van der Waals surface area contributed by atoms with E-state index in [-0.39, 0.29) is 12.0 Å². The number of esters is 1. The van der Waals surface area contributed by atoms with E-state index in [0.717, 1.165) is 12.2 Å². The Morgan fingerprint density at radius 2 is 2.33 bits per heavy atom. The van der Waals surface area contributed by atoms with Crippen LogP contribution in [-0.2, 0) is 9.53 Å². The Balaban J connectivity index is 3.71. The zero-order chi connectivity index (χ0) is 9.40. The minimum Gasteiger partial charge on any atom is -0.653 e. The summed E-state index contributed by atoms with van der Waals surface area (Å²) in [5, 5.41) is 3.96. The molecular weight excluding hydrogens is 174 g/mol. The number of likely N-dealkylation sites (N-methyl/N-ethyl adjacent to an activating group) is 1. The highest BCUT2D eigenvalue weighted by Crippen LogP contribution is 2.08. The molecule has 0 fully saturated rings. The predicted octanol–water partition coefficient (Wildman–Crippen LogP) is 1.67. The van der Waals surface area contributed by atoms with Crippen molar-refractivity contribution in [2.45, 2.75) is 19.4 Å². The van der Waals surface area contributed by atoms with Gasteiger partial charge in [0.05, 0.1) is 6.61 Å². The largest absolute Gasteiger partial charge is 0.653 e. The molecule has 0 radical (unpaired) electrons. The Bertz CT molecular complexity index is 130. The third kappa shape index (κ3) is 4.62. The lowest BCUT2D eigenvalue weighted by Crippen LogP contribution is -2.22. The van der Waals surface area contributed by atoms with Gasteiger partial charge in [0, 0.05) is 0 Å². The average Bonchev–Trinajstić information content (AvgIpc) is 2.06. The maximum Gasteiger partial charge on any atom is 0.287 e. The minimum absolute atomic E-state index is 0.200. The topological polar surface area (TPSA) is 40.4 Å². The van der Waals surface area contributed by atoms with E-state index in [4.69, 9.17) is 4.74 Å². The number of hydrogen-bond donors (Lipinski definition) is 0. The molecule has 72 valence electrons. The van der Waals surface area contributed by atoms with Crippen LogP contribution >= 0.6 is 11.8 Å². The first-order valence-electron chi connectivity index (χ1n) is 4.00. The Morgan fingerprint density at radius 1 is 1.67 bits per heavy atom. The van der Waals surface area contributed by atoms with Crippen LogP contribution in [0.25, 0.3) is 5.32 Å². The number of nitrogens with zero attached hydrogens (tertiary/aromatic N) is 1. The predicted molar refractivity (Wildman–Crippen MR) is 52.7 cm³/mol. The number of hydrogen-bond acceptors (Lipinski definition) is 3. The van der Waals surface area contributed by atoms with Crippen molar-refractivity contribution in [3.05, 3.63) is 5.32 Å². The second-order valence-electron chi connectivity index (χ2n) is 2.31. The van der Waals surface area contributed by atoms with Crippen LogP contribution < -0.4 is 0 Å². The van der Waals surface area contributed by atoms with Gasteiger partial charge in [-0.05, 0) is 25.0 Å². The van der Waals surface area contributed by atoms with Gasteiger partial charge in [0.15, 0.2) is 0 Å². The molecule has 0 saturated heterocycles. The lowest BCUT2D eigenvalue weighted by molar-refractivity contribution is -0.143. The van der Waals surface area contributed by atoms with E-state index in [1.54, 1.807) is 25.7 Å². The summed E-state index contributed by atoms with van der Waals surface area (Å²) in [5.74, 6) is 0.745. The third-order valence-electron chi connectivity index (χ3n) is 1.47. The summed E-state index contributed by atoms with van der Waals surface area (Å²) >= 11 is 1.71. The molecule has 3 nitrogen and oxygen atoms in total. The molecule has 0 spiro atoms. The van der Waals surface area contributed by atoms with Gasteiger partial charge in [0.1, 0.15) is 0 Å². The first kappa shape index (κ1) is 11.8. The van der Waals surface area contributed by atoms with Crippen molar-refractivity contribution >= 4 is 17.7 Å². The molecule has 1 atom stereocenters. The van der Waals surface area contributed by atoms with Gasteiger partial charge < -0.3 is 10.1 Å². The molecule has 0 bridgehead atoms. The van der Waals surface area contributed by atoms with Crippen molar-refractivity contribution < 1.29 is 9.53 Å². The van der Waals surface area contributed by atoms with Crippen LogP contribution in [0.15, 0.2) is 0 Å². The Labute approximate surface area is 78.2 Å². The van der Waals surface area contributed by atoms with Crippen LogP contribution in [0.3, 0.4) is 0 Å². The summed E-state index contributed by atoms with van der Waals surface area (Å²) in [6, 6.07) is -0.266. The van der Waals surface area contributed by atoms with E-state index < -0.39 is 0 Å². The highest BCUT2D eigenvalue weighted by molar-refractivity contribution is 7.98. The highest BCUT2D eigenvalue weighted by Gasteiger charge is 2.07. The molecule has 0 rings (SSSR count). The molecule has 0 N–H and O–H groups in total. The molecule has 0 aromatic rings. The van der Waals surface area contributed by atoms with E-state index in [1.807, 2.05) is 6.26 Å². The molecule has 12 heavy (non-hydrogen) atoms. The van der Waals surface area contributed by atoms with Crippen LogP contribution in [0, 0.1) is 0 Å². The van der Waals surface area contributed by atoms with Crippen molar-refractivity contribution in [1.29, 1.82) is 0 Å². The number of carbonyl (C=O) groups excluding carboxylic acids is 1. The molecule has 4 heteroatoms. The van der Waals surface area contributed by atoms with E-state index in [9.17, 15) is 4.79 Å². The van der Waals surface area contributed by atoms with Crippen LogP contribution in [0.5, 0.6) is 0 Å². The number of carbonyl (C=O) groups is 1. The molecule has 0 aliphatic heterocycles. The van der Waals surface area contributed by atoms with Gasteiger partial charge in [-0.3, -0.25) is 4.79 Å². The fourth-order valence-corrected chi connectivity index (χ4v) is 1.28. The maximum atomic E-state index is 11.2. The quantitative estimate of drug-likeness (QED) is 0.598. The van der Waals surface area contributed by atoms with Crippen molar-refractivity contribution in [1.82, 2.24) is 0 Å². The fraction of sp³-hybridized carbons (Fsp3) is 0.875. The maximum absolute atomic E-state index is 11.2. The van der Waals surface area contributed by atoms with Crippen LogP contribution in [0.2, 0.25) is 0 Å². The fourth-order valence-electron chi connectivity index (χ4n) is 0.820. The molecule has 0 aromatic carbocycles. The third-order valence-corrected chi connectivity index (χ3v) is 2.11. The van der Waals surface area contributed by atoms with Gasteiger partial charge >= 0.3 is 0 Å². The first-order valence-corrected chi connectivity index (χ1v) is 5.40. The SMILES string of the molecule is CCOC(=O)[C@H](CCSC)[N-]C. The molecule has 0 aromatic heterocycles. The normalized spacial score (nSPS) is 12.6. The summed E-state index contributed by atoms with van der Waals surface area (Å²) in [5.41, 5.74) is 0. The van der Waals surface area contributed by atoms with Crippen LogP contribution in [0.4, 0.5) is 0 Å². The molecule has 0 aliphatic rings. The molecule has 0 saturated carbocycles. The lowest BCUT2D eigenvalue weighted by atomic mass is 10.2. The number of thioether (sulfide) groups is 1. The Kier molecular flexibility index (Phi) is 7.29. The van der Waals surface area contributed by atoms with Crippen molar-refractivity contribution in [3.63, 3.8) is 0 Å². The average molecular weight is 190 g/mol. The van der Waals surface area contributed by atoms with E-state index >= 15 is 0 Å². The molecule has 0 unspecified atom stereocenters. The van der Waals surface area contributed by atoms with E-state index in [0.29, 0.717) is 6.61 Å². The van der Waals surface area contributed by atoms with Crippen LogP contribution in [-0.4, -0.2) is 37.7 Å². The van der Waals surface area contributed by atoms with Crippen molar-refractivity contribution in [3.8, 4) is 0 Å². The van der Waals surface area contributed by atoms with Crippen molar-refractivity contribution in [2.24, 2.45) is 0 Å².